The zero-order chi connectivity index (χ0) is 20.2. The summed E-state index contributed by atoms with van der Waals surface area (Å²) in [6.07, 6.45) is -5.49. The zero-order valence-corrected chi connectivity index (χ0v) is 15.0. The lowest BCUT2D eigenvalue weighted by molar-refractivity contribution is -0.137. The average molecular weight is 380 g/mol. The van der Waals surface area contributed by atoms with Crippen molar-refractivity contribution >= 4 is 11.8 Å². The van der Waals surface area contributed by atoms with E-state index in [1.807, 2.05) is 19.9 Å². The van der Waals surface area contributed by atoms with Crippen LogP contribution in [0.1, 0.15) is 34.0 Å². The van der Waals surface area contributed by atoms with Gasteiger partial charge in [-0.3, -0.25) is 20.4 Å². The monoisotopic (exact) mass is 380 g/mol. The van der Waals surface area contributed by atoms with Crippen LogP contribution in [0.15, 0.2) is 42.5 Å². The Morgan fingerprint density at radius 3 is 2.37 bits per heavy atom. The lowest BCUT2D eigenvalue weighted by Gasteiger charge is -2.17. The number of alkyl halides is 3. The fraction of sp³-hybridized carbons (Fsp3) is 0.263. The van der Waals surface area contributed by atoms with Crippen LogP contribution in [0.2, 0.25) is 0 Å². The number of hydrazine groups is 1. The molecule has 0 aliphatic heterocycles. The van der Waals surface area contributed by atoms with Crippen molar-refractivity contribution in [2.45, 2.75) is 33.1 Å². The summed E-state index contributed by atoms with van der Waals surface area (Å²) in [4.78, 5) is 24.0. The molecular formula is C19H19F3N2O3. The van der Waals surface area contributed by atoms with Crippen LogP contribution in [0.3, 0.4) is 0 Å². The van der Waals surface area contributed by atoms with Crippen LogP contribution in [0.5, 0.6) is 5.75 Å². The van der Waals surface area contributed by atoms with E-state index in [2.05, 4.69) is 10.9 Å². The highest BCUT2D eigenvalue weighted by molar-refractivity contribution is 5.95. The Bertz CT molecular complexity index is 850. The number of carbonyl (C=O) groups is 2. The third kappa shape index (κ3) is 5.22. The summed E-state index contributed by atoms with van der Waals surface area (Å²) in [7, 11) is 0. The third-order valence-electron chi connectivity index (χ3n) is 3.98. The summed E-state index contributed by atoms with van der Waals surface area (Å²) >= 11 is 0. The molecule has 0 saturated heterocycles. The number of rotatable bonds is 4. The third-order valence-corrected chi connectivity index (χ3v) is 3.98. The van der Waals surface area contributed by atoms with Crippen LogP contribution in [-0.2, 0) is 11.0 Å². The molecule has 0 bridgehead atoms. The summed E-state index contributed by atoms with van der Waals surface area (Å²) in [6.45, 7) is 5.25. The minimum Gasteiger partial charge on any atom is -0.481 e. The van der Waals surface area contributed by atoms with Gasteiger partial charge in [0, 0.05) is 5.56 Å². The number of nitrogens with one attached hydrogen (secondary N) is 2. The van der Waals surface area contributed by atoms with Gasteiger partial charge < -0.3 is 4.74 Å². The molecular weight excluding hydrogens is 361 g/mol. The van der Waals surface area contributed by atoms with Crippen LogP contribution in [0, 0.1) is 13.8 Å². The van der Waals surface area contributed by atoms with E-state index in [0.717, 1.165) is 23.3 Å². The Hall–Kier alpha value is -3.03. The Kier molecular flexibility index (Phi) is 6.09. The molecule has 0 spiro atoms. The first kappa shape index (κ1) is 20.3. The largest absolute Gasteiger partial charge is 0.481 e. The smallest absolute Gasteiger partial charge is 0.416 e. The van der Waals surface area contributed by atoms with Crippen molar-refractivity contribution < 1.29 is 27.5 Å². The molecule has 2 amide bonds. The lowest BCUT2D eigenvalue weighted by atomic mass is 10.1. The first-order chi connectivity index (χ1) is 12.6. The second-order valence-electron chi connectivity index (χ2n) is 5.98. The highest BCUT2D eigenvalue weighted by Crippen LogP contribution is 2.29. The van der Waals surface area contributed by atoms with Gasteiger partial charge in [0.05, 0.1) is 5.56 Å². The number of hydrogen-bond donors (Lipinski definition) is 2. The van der Waals surface area contributed by atoms with Gasteiger partial charge in [0.15, 0.2) is 6.10 Å². The molecule has 0 unspecified atom stereocenters. The molecule has 0 aliphatic carbocycles. The van der Waals surface area contributed by atoms with E-state index in [9.17, 15) is 22.8 Å². The zero-order valence-electron chi connectivity index (χ0n) is 15.0. The average Bonchev–Trinajstić information content (AvgIpc) is 2.62. The summed E-state index contributed by atoms with van der Waals surface area (Å²) < 4.78 is 43.7. The molecule has 144 valence electrons. The van der Waals surface area contributed by atoms with Gasteiger partial charge in [0.1, 0.15) is 5.75 Å². The van der Waals surface area contributed by atoms with Crippen molar-refractivity contribution in [2.75, 3.05) is 0 Å². The molecule has 2 N–H and O–H groups in total. The molecule has 2 rings (SSSR count). The van der Waals surface area contributed by atoms with Crippen molar-refractivity contribution in [3.05, 3.63) is 64.7 Å². The van der Waals surface area contributed by atoms with Crippen LogP contribution in [0.25, 0.3) is 0 Å². The highest BCUT2D eigenvalue weighted by atomic mass is 19.4. The van der Waals surface area contributed by atoms with Crippen LogP contribution in [-0.4, -0.2) is 17.9 Å². The van der Waals surface area contributed by atoms with Crippen LogP contribution >= 0.6 is 0 Å². The van der Waals surface area contributed by atoms with Gasteiger partial charge in [0.2, 0.25) is 0 Å². The minimum atomic E-state index is -4.56. The summed E-state index contributed by atoms with van der Waals surface area (Å²) in [5.41, 5.74) is 4.93. The van der Waals surface area contributed by atoms with Crippen molar-refractivity contribution in [3.63, 3.8) is 0 Å². The number of amides is 2. The molecule has 2 aromatic rings. The standard InChI is InChI=1S/C19H19F3N2O3/c1-11-6-4-9-16(12(11)2)27-13(3)17(25)23-24-18(26)14-7-5-8-15(10-14)19(20,21)22/h4-10,13H,1-3H3,(H,23,25)(H,24,26)/t13-/m0/s1. The minimum absolute atomic E-state index is 0.228. The first-order valence-corrected chi connectivity index (χ1v) is 8.10. The van der Waals surface area contributed by atoms with Crippen molar-refractivity contribution in [3.8, 4) is 5.75 Å². The van der Waals surface area contributed by atoms with E-state index in [4.69, 9.17) is 4.74 Å². The molecule has 0 aliphatic rings. The van der Waals surface area contributed by atoms with E-state index >= 15 is 0 Å². The SMILES string of the molecule is Cc1cccc(O[C@@H](C)C(=O)NNC(=O)c2cccc(C(F)(F)F)c2)c1C. The number of hydrogen-bond acceptors (Lipinski definition) is 3. The molecule has 0 fully saturated rings. The number of halogens is 3. The van der Waals surface area contributed by atoms with Gasteiger partial charge in [0.25, 0.3) is 11.8 Å². The van der Waals surface area contributed by atoms with E-state index in [-0.39, 0.29) is 5.56 Å². The maximum atomic E-state index is 12.7. The van der Waals surface area contributed by atoms with Crippen LogP contribution < -0.4 is 15.6 Å². The Morgan fingerprint density at radius 2 is 1.70 bits per heavy atom. The second kappa shape index (κ2) is 8.11. The summed E-state index contributed by atoms with van der Waals surface area (Å²) in [6, 6.07) is 9.30. The first-order valence-electron chi connectivity index (χ1n) is 8.10. The maximum absolute atomic E-state index is 12.7. The Morgan fingerprint density at radius 1 is 1.04 bits per heavy atom. The van der Waals surface area contributed by atoms with Crippen molar-refractivity contribution in [1.29, 1.82) is 0 Å². The van der Waals surface area contributed by atoms with Crippen molar-refractivity contribution in [2.24, 2.45) is 0 Å². The number of benzene rings is 2. The fourth-order valence-electron chi connectivity index (χ4n) is 2.22. The van der Waals surface area contributed by atoms with Gasteiger partial charge >= 0.3 is 6.18 Å². The van der Waals surface area contributed by atoms with Crippen LogP contribution in [0.4, 0.5) is 13.2 Å². The van der Waals surface area contributed by atoms with Gasteiger partial charge in [-0.05, 0) is 56.2 Å². The van der Waals surface area contributed by atoms with E-state index < -0.39 is 29.7 Å². The maximum Gasteiger partial charge on any atom is 0.416 e. The molecule has 2 aromatic carbocycles. The summed E-state index contributed by atoms with van der Waals surface area (Å²) in [5, 5.41) is 0. The second-order valence-corrected chi connectivity index (χ2v) is 5.98. The number of carbonyl (C=O) groups excluding carboxylic acids is 2. The molecule has 8 heteroatoms. The van der Waals surface area contributed by atoms with E-state index in [1.54, 1.807) is 12.1 Å². The van der Waals surface area contributed by atoms with Gasteiger partial charge in [-0.15, -0.1) is 0 Å². The number of ether oxygens (including phenoxy) is 1. The normalized spacial score (nSPS) is 12.2. The summed E-state index contributed by atoms with van der Waals surface area (Å²) in [5.74, 6) is -0.980. The molecule has 5 nitrogen and oxygen atoms in total. The predicted octanol–water partition coefficient (Wildman–Crippen LogP) is 3.55. The lowest BCUT2D eigenvalue weighted by Crippen LogP contribution is -2.47. The molecule has 0 heterocycles. The van der Waals surface area contributed by atoms with Gasteiger partial charge in [-0.1, -0.05) is 18.2 Å². The predicted molar refractivity (Wildman–Crippen MR) is 93.1 cm³/mol. The molecule has 0 saturated carbocycles. The Labute approximate surface area is 154 Å². The molecule has 0 radical (unpaired) electrons. The molecule has 0 aromatic heterocycles. The fourth-order valence-corrected chi connectivity index (χ4v) is 2.22. The van der Waals surface area contributed by atoms with Gasteiger partial charge in [-0.2, -0.15) is 13.2 Å². The molecule has 27 heavy (non-hydrogen) atoms. The molecule has 1 atom stereocenters. The van der Waals surface area contributed by atoms with Crippen molar-refractivity contribution in [1.82, 2.24) is 10.9 Å². The topological polar surface area (TPSA) is 67.4 Å². The highest BCUT2D eigenvalue weighted by Gasteiger charge is 2.31. The quantitative estimate of drug-likeness (QED) is 0.798. The number of aryl methyl sites for hydroxylation is 1. The Balaban J connectivity index is 1.96. The van der Waals surface area contributed by atoms with Gasteiger partial charge in [-0.25, -0.2) is 0 Å². The van der Waals surface area contributed by atoms with E-state index in [0.29, 0.717) is 11.8 Å². The van der Waals surface area contributed by atoms with E-state index in [1.165, 1.54) is 13.0 Å².